The third kappa shape index (κ3) is 4.59. The molecule has 0 unspecified atom stereocenters. The molecule has 0 bridgehead atoms. The highest BCUT2D eigenvalue weighted by Gasteiger charge is 2.14. The molecule has 0 aromatic carbocycles. The van der Waals surface area contributed by atoms with Crippen LogP contribution in [0.2, 0.25) is 0 Å². The number of thiazole rings is 1. The molecule has 0 spiro atoms. The fourth-order valence-electron chi connectivity index (χ4n) is 2.30. The first-order valence-electron chi connectivity index (χ1n) is 7.62. The van der Waals surface area contributed by atoms with Crippen LogP contribution < -0.4 is 5.56 Å². The van der Waals surface area contributed by atoms with Crippen molar-refractivity contribution in [1.29, 1.82) is 0 Å². The van der Waals surface area contributed by atoms with Gasteiger partial charge in [-0.05, 0) is 11.4 Å². The molecule has 130 valence electrons. The summed E-state index contributed by atoms with van der Waals surface area (Å²) in [7, 11) is 0. The van der Waals surface area contributed by atoms with Crippen molar-refractivity contribution >= 4 is 45.3 Å². The first-order chi connectivity index (χ1) is 12.2. The molecule has 3 aromatic rings. The quantitative estimate of drug-likeness (QED) is 0.553. The van der Waals surface area contributed by atoms with E-state index in [0.717, 1.165) is 4.88 Å². The lowest BCUT2D eigenvalue weighted by Crippen LogP contribution is -2.31. The van der Waals surface area contributed by atoms with Crippen LogP contribution in [0.3, 0.4) is 0 Å². The van der Waals surface area contributed by atoms with Gasteiger partial charge in [-0.2, -0.15) is 0 Å². The standard InChI is InChI=1S/C17H17N3O2S3/c1-2-5-19(10-14-4-3-7-24-14)16(22)12-23-11-13-9-15(21)20-6-8-25-17(20)18-13/h2-4,6-9H,1,5,10-12H2. The van der Waals surface area contributed by atoms with Crippen molar-refractivity contribution in [3.05, 3.63) is 68.7 Å². The van der Waals surface area contributed by atoms with Gasteiger partial charge < -0.3 is 4.90 Å². The lowest BCUT2D eigenvalue weighted by atomic mass is 10.4. The van der Waals surface area contributed by atoms with Gasteiger partial charge in [0.2, 0.25) is 5.91 Å². The smallest absolute Gasteiger partial charge is 0.258 e. The van der Waals surface area contributed by atoms with E-state index in [9.17, 15) is 9.59 Å². The number of carbonyl (C=O) groups excluding carboxylic acids is 1. The normalized spacial score (nSPS) is 10.9. The molecule has 0 fully saturated rings. The number of carbonyl (C=O) groups is 1. The minimum absolute atomic E-state index is 0.0622. The topological polar surface area (TPSA) is 54.7 Å². The van der Waals surface area contributed by atoms with Gasteiger partial charge in [-0.25, -0.2) is 4.98 Å². The van der Waals surface area contributed by atoms with Crippen molar-refractivity contribution in [2.45, 2.75) is 12.3 Å². The summed E-state index contributed by atoms with van der Waals surface area (Å²) in [5.74, 6) is 0.952. The SMILES string of the molecule is C=CCN(Cc1cccs1)C(=O)CSCc1cc(=O)n2ccsc2n1. The molecular formula is C17H17N3O2S3. The molecule has 0 atom stereocenters. The number of thioether (sulfide) groups is 1. The Morgan fingerprint density at radius 1 is 1.40 bits per heavy atom. The van der Waals surface area contributed by atoms with Crippen molar-refractivity contribution in [3.63, 3.8) is 0 Å². The van der Waals surface area contributed by atoms with Crippen molar-refractivity contribution in [2.24, 2.45) is 0 Å². The maximum Gasteiger partial charge on any atom is 0.258 e. The second-order valence-electron chi connectivity index (χ2n) is 5.28. The van der Waals surface area contributed by atoms with Gasteiger partial charge in [0.1, 0.15) is 0 Å². The van der Waals surface area contributed by atoms with Gasteiger partial charge in [0, 0.05) is 34.8 Å². The molecule has 0 aliphatic rings. The van der Waals surface area contributed by atoms with Crippen LogP contribution in [0.1, 0.15) is 10.6 Å². The number of rotatable bonds is 8. The third-order valence-corrected chi connectivity index (χ3v) is 6.03. The van der Waals surface area contributed by atoms with E-state index < -0.39 is 0 Å². The van der Waals surface area contributed by atoms with Crippen molar-refractivity contribution in [3.8, 4) is 0 Å². The van der Waals surface area contributed by atoms with E-state index in [1.165, 1.54) is 33.6 Å². The highest BCUT2D eigenvalue weighted by atomic mass is 32.2. The monoisotopic (exact) mass is 391 g/mol. The molecule has 5 nitrogen and oxygen atoms in total. The summed E-state index contributed by atoms with van der Waals surface area (Å²) in [6.07, 6.45) is 3.46. The van der Waals surface area contributed by atoms with Gasteiger partial charge in [-0.1, -0.05) is 12.1 Å². The molecule has 0 aliphatic carbocycles. The summed E-state index contributed by atoms with van der Waals surface area (Å²) in [6, 6.07) is 5.54. The zero-order chi connectivity index (χ0) is 17.6. The lowest BCUT2D eigenvalue weighted by Gasteiger charge is -2.20. The van der Waals surface area contributed by atoms with Crippen molar-refractivity contribution in [2.75, 3.05) is 12.3 Å². The summed E-state index contributed by atoms with van der Waals surface area (Å²) in [5, 5.41) is 3.84. The van der Waals surface area contributed by atoms with Crippen LogP contribution in [0.5, 0.6) is 0 Å². The highest BCUT2D eigenvalue weighted by molar-refractivity contribution is 7.99. The largest absolute Gasteiger partial charge is 0.333 e. The minimum Gasteiger partial charge on any atom is -0.333 e. The summed E-state index contributed by atoms with van der Waals surface area (Å²) < 4.78 is 1.52. The van der Waals surface area contributed by atoms with E-state index in [-0.39, 0.29) is 11.5 Å². The Morgan fingerprint density at radius 2 is 2.28 bits per heavy atom. The molecule has 0 saturated carbocycles. The first-order valence-corrected chi connectivity index (χ1v) is 10.5. The Kier molecular flexibility index (Phi) is 6.06. The molecular weight excluding hydrogens is 374 g/mol. The van der Waals surface area contributed by atoms with Crippen LogP contribution in [-0.4, -0.2) is 32.5 Å². The van der Waals surface area contributed by atoms with Crippen LogP contribution in [0, 0.1) is 0 Å². The highest BCUT2D eigenvalue weighted by Crippen LogP contribution is 2.16. The molecule has 0 radical (unpaired) electrons. The van der Waals surface area contributed by atoms with Crippen molar-refractivity contribution in [1.82, 2.24) is 14.3 Å². The average Bonchev–Trinajstić information content (AvgIpc) is 3.26. The van der Waals surface area contributed by atoms with E-state index in [1.807, 2.05) is 22.9 Å². The summed E-state index contributed by atoms with van der Waals surface area (Å²) in [4.78, 5) is 32.5. The molecule has 0 saturated heterocycles. The second-order valence-corrected chi connectivity index (χ2v) is 8.17. The van der Waals surface area contributed by atoms with Crippen molar-refractivity contribution < 1.29 is 4.79 Å². The van der Waals surface area contributed by atoms with Gasteiger partial charge in [0.25, 0.3) is 5.56 Å². The zero-order valence-corrected chi connectivity index (χ0v) is 15.9. The molecule has 3 aromatic heterocycles. The molecule has 8 heteroatoms. The number of fused-ring (bicyclic) bond motifs is 1. The van der Waals surface area contributed by atoms with Gasteiger partial charge >= 0.3 is 0 Å². The molecule has 0 aliphatic heterocycles. The van der Waals surface area contributed by atoms with E-state index >= 15 is 0 Å². The van der Waals surface area contributed by atoms with Crippen LogP contribution in [0.4, 0.5) is 0 Å². The van der Waals surface area contributed by atoms with E-state index in [0.29, 0.717) is 35.3 Å². The third-order valence-electron chi connectivity index (χ3n) is 3.46. The number of aromatic nitrogens is 2. The zero-order valence-electron chi connectivity index (χ0n) is 13.5. The summed E-state index contributed by atoms with van der Waals surface area (Å²) in [5.41, 5.74) is 0.623. The molecule has 3 heterocycles. The van der Waals surface area contributed by atoms with Gasteiger partial charge in [-0.3, -0.25) is 14.0 Å². The maximum atomic E-state index is 12.5. The predicted octanol–water partition coefficient (Wildman–Crippen LogP) is 3.27. The first kappa shape index (κ1) is 17.9. The fourth-order valence-corrected chi connectivity index (χ4v) is 4.57. The second kappa shape index (κ2) is 8.46. The Hall–Kier alpha value is -1.90. The van der Waals surface area contributed by atoms with Crippen LogP contribution >= 0.6 is 34.4 Å². The van der Waals surface area contributed by atoms with E-state index in [2.05, 4.69) is 11.6 Å². The Labute approximate surface area is 157 Å². The Morgan fingerprint density at radius 3 is 3.04 bits per heavy atom. The van der Waals surface area contributed by atoms with Crippen LogP contribution in [-0.2, 0) is 17.1 Å². The number of nitrogens with zero attached hydrogens (tertiary/aromatic N) is 3. The van der Waals surface area contributed by atoms with Gasteiger partial charge in [0.15, 0.2) is 4.96 Å². The van der Waals surface area contributed by atoms with Crippen LogP contribution in [0.15, 0.2) is 52.6 Å². The number of amides is 1. The van der Waals surface area contributed by atoms with Gasteiger partial charge in [-0.15, -0.1) is 41.0 Å². The van der Waals surface area contributed by atoms with Crippen LogP contribution in [0.25, 0.3) is 4.96 Å². The lowest BCUT2D eigenvalue weighted by molar-refractivity contribution is -0.128. The number of hydrogen-bond donors (Lipinski definition) is 0. The molecule has 25 heavy (non-hydrogen) atoms. The molecule has 3 rings (SSSR count). The summed E-state index contributed by atoms with van der Waals surface area (Å²) >= 11 is 4.54. The predicted molar refractivity (Wildman–Crippen MR) is 105 cm³/mol. The minimum atomic E-state index is -0.0841. The number of thiophene rings is 1. The van der Waals surface area contributed by atoms with E-state index in [4.69, 9.17) is 0 Å². The average molecular weight is 392 g/mol. The Bertz CT molecular complexity index is 915. The molecule has 1 amide bonds. The fraction of sp³-hybridized carbons (Fsp3) is 0.235. The number of hydrogen-bond acceptors (Lipinski definition) is 6. The maximum absolute atomic E-state index is 12.5. The molecule has 0 N–H and O–H groups in total. The summed E-state index contributed by atoms with van der Waals surface area (Å²) in [6.45, 7) is 4.86. The van der Waals surface area contributed by atoms with Gasteiger partial charge in [0.05, 0.1) is 18.0 Å². The Balaban J connectivity index is 1.58. The van der Waals surface area contributed by atoms with E-state index in [1.54, 1.807) is 28.5 Å².